The Bertz CT molecular complexity index is 628. The van der Waals surface area contributed by atoms with E-state index in [0.717, 1.165) is 0 Å². The van der Waals surface area contributed by atoms with Crippen LogP contribution in [0, 0.1) is 11.3 Å². The quantitative estimate of drug-likeness (QED) is 0.480. The van der Waals surface area contributed by atoms with Crippen LogP contribution in [-0.2, 0) is 0 Å². The number of hydrogen-bond acceptors (Lipinski definition) is 4. The summed E-state index contributed by atoms with van der Waals surface area (Å²) >= 11 is 0. The highest BCUT2D eigenvalue weighted by Gasteiger charge is 2.28. The predicted octanol–water partition coefficient (Wildman–Crippen LogP) is -0.863. The molecule has 0 spiro atoms. The molecule has 0 saturated heterocycles. The Hall–Kier alpha value is -2.48. The molecule has 1 aromatic carbocycles. The van der Waals surface area contributed by atoms with Crippen molar-refractivity contribution in [1.29, 1.82) is 5.26 Å². The molecular formula is C10H5N2O3+. The van der Waals surface area contributed by atoms with Crippen molar-refractivity contribution in [3.63, 3.8) is 0 Å². The summed E-state index contributed by atoms with van der Waals surface area (Å²) in [6, 6.07) is 4.88. The van der Waals surface area contributed by atoms with Crippen LogP contribution in [-0.4, -0.2) is 5.11 Å². The van der Waals surface area contributed by atoms with Crippen LogP contribution in [0.2, 0.25) is 0 Å². The maximum Gasteiger partial charge on any atom is 0.309 e. The molecule has 0 aliphatic heterocycles. The van der Waals surface area contributed by atoms with Gasteiger partial charge in [-0.25, -0.2) is 0 Å². The molecule has 0 fully saturated rings. The Morgan fingerprint density at radius 2 is 1.80 bits per heavy atom. The minimum absolute atomic E-state index is 0.0514. The second-order valence-corrected chi connectivity index (χ2v) is 2.96. The fourth-order valence-corrected chi connectivity index (χ4v) is 1.26. The van der Waals surface area contributed by atoms with E-state index < -0.39 is 16.6 Å². The summed E-state index contributed by atoms with van der Waals surface area (Å²) < 4.78 is 1.31. The van der Waals surface area contributed by atoms with Crippen molar-refractivity contribution in [1.82, 2.24) is 0 Å². The van der Waals surface area contributed by atoms with Crippen LogP contribution in [0.15, 0.2) is 34.1 Å². The van der Waals surface area contributed by atoms with Crippen molar-refractivity contribution in [3.8, 4) is 17.5 Å². The van der Waals surface area contributed by atoms with Gasteiger partial charge in [0, 0.05) is 12.1 Å². The summed E-state index contributed by atoms with van der Waals surface area (Å²) in [7, 11) is 0. The molecule has 1 heterocycles. The Morgan fingerprint density at radius 1 is 1.20 bits per heavy atom. The van der Waals surface area contributed by atoms with Gasteiger partial charge in [-0.2, -0.15) is 9.83 Å². The number of nitrogens with zero attached hydrogens (tertiary/aromatic N) is 2. The molecule has 1 aromatic heterocycles. The highest BCUT2D eigenvalue weighted by atomic mass is 16.3. The number of pyridine rings is 1. The van der Waals surface area contributed by atoms with E-state index in [1.807, 2.05) is 6.07 Å². The van der Waals surface area contributed by atoms with Crippen molar-refractivity contribution in [3.05, 3.63) is 50.5 Å². The summed E-state index contributed by atoms with van der Waals surface area (Å²) in [6.07, 6.45) is 2.88. The number of hydrogen-bond donors (Lipinski definition) is 1. The smallest absolute Gasteiger partial charge is 0.309 e. The normalized spacial score (nSPS) is 10.1. The molecule has 72 valence electrons. The lowest BCUT2D eigenvalue weighted by Crippen LogP contribution is -2.46. The molecule has 0 radical (unpaired) electrons. The minimum Gasteiger partial charge on any atom is -0.499 e. The molecule has 0 aliphatic carbocycles. The molecule has 2 rings (SSSR count). The third kappa shape index (κ3) is 1.20. The topological polar surface area (TPSA) is 82.0 Å². The minimum atomic E-state index is -0.873. The molecule has 0 atom stereocenters. The molecule has 0 saturated carbocycles. The number of aromatic hydroxyl groups is 1. The van der Waals surface area contributed by atoms with Crippen LogP contribution in [0.5, 0.6) is 5.75 Å². The highest BCUT2D eigenvalue weighted by molar-refractivity contribution is 5.44. The van der Waals surface area contributed by atoms with Crippen LogP contribution < -0.4 is 15.4 Å². The van der Waals surface area contributed by atoms with E-state index in [2.05, 4.69) is 0 Å². The first-order valence-electron chi connectivity index (χ1n) is 4.09. The van der Waals surface area contributed by atoms with Gasteiger partial charge in [0.15, 0.2) is 12.4 Å². The van der Waals surface area contributed by atoms with Gasteiger partial charge in [-0.15, -0.1) is 0 Å². The molecule has 0 amide bonds. The average Bonchev–Trinajstić information content (AvgIpc) is 2.30. The van der Waals surface area contributed by atoms with Crippen molar-refractivity contribution < 1.29 is 9.67 Å². The van der Waals surface area contributed by atoms with Crippen molar-refractivity contribution in [2.45, 2.75) is 0 Å². The van der Waals surface area contributed by atoms with Gasteiger partial charge in [0.05, 0.1) is 11.6 Å². The maximum absolute atomic E-state index is 11.1. The SMILES string of the molecule is N#Cc1cc[n+](-c2c(O)c(=O)c2=O)cc1. The summed E-state index contributed by atoms with van der Waals surface area (Å²) in [6.45, 7) is 0. The summed E-state index contributed by atoms with van der Waals surface area (Å²) in [5.41, 5.74) is -1.21. The van der Waals surface area contributed by atoms with Crippen LogP contribution in [0.25, 0.3) is 5.69 Å². The van der Waals surface area contributed by atoms with E-state index in [0.29, 0.717) is 5.56 Å². The third-order valence-corrected chi connectivity index (χ3v) is 2.08. The van der Waals surface area contributed by atoms with E-state index in [-0.39, 0.29) is 5.69 Å². The standard InChI is InChI=1S/C10H4N2O3/c11-5-6-1-3-12(4-2-6)7-8(13)10(15)9(7)14/h1-4H/p+1. The molecule has 1 N–H and O–H groups in total. The second kappa shape index (κ2) is 3.03. The fourth-order valence-electron chi connectivity index (χ4n) is 1.26. The zero-order valence-electron chi connectivity index (χ0n) is 7.47. The van der Waals surface area contributed by atoms with Crippen molar-refractivity contribution >= 4 is 0 Å². The van der Waals surface area contributed by atoms with E-state index in [1.54, 1.807) is 0 Å². The van der Waals surface area contributed by atoms with Gasteiger partial charge < -0.3 is 5.11 Å². The molecule has 0 bridgehead atoms. The Labute approximate surface area is 83.8 Å². The first kappa shape index (κ1) is 9.09. The van der Waals surface area contributed by atoms with Crippen LogP contribution in [0.3, 0.4) is 0 Å². The monoisotopic (exact) mass is 201 g/mol. The van der Waals surface area contributed by atoms with E-state index in [1.165, 1.54) is 29.1 Å². The number of aromatic nitrogens is 1. The first-order valence-corrected chi connectivity index (χ1v) is 4.09. The molecular weight excluding hydrogens is 196 g/mol. The molecule has 5 nitrogen and oxygen atoms in total. The largest absolute Gasteiger partial charge is 0.499 e. The molecule has 5 heteroatoms. The van der Waals surface area contributed by atoms with Crippen LogP contribution in [0.4, 0.5) is 0 Å². The Kier molecular flexibility index (Phi) is 1.83. The fraction of sp³-hybridized carbons (Fsp3) is 0. The van der Waals surface area contributed by atoms with Crippen molar-refractivity contribution in [2.24, 2.45) is 0 Å². The molecule has 0 aliphatic rings. The maximum atomic E-state index is 11.1. The first-order chi connectivity index (χ1) is 7.15. The zero-order valence-corrected chi connectivity index (χ0v) is 7.47. The van der Waals surface area contributed by atoms with E-state index in [9.17, 15) is 9.59 Å². The lowest BCUT2D eigenvalue weighted by molar-refractivity contribution is -0.598. The molecule has 0 unspecified atom stereocenters. The number of nitriles is 1. The third-order valence-electron chi connectivity index (χ3n) is 2.08. The van der Waals surface area contributed by atoms with Gasteiger partial charge >= 0.3 is 11.1 Å². The van der Waals surface area contributed by atoms with Gasteiger partial charge in [-0.05, 0) is 0 Å². The summed E-state index contributed by atoms with van der Waals surface area (Å²) in [4.78, 5) is 21.8. The van der Waals surface area contributed by atoms with Crippen molar-refractivity contribution in [2.75, 3.05) is 0 Å². The van der Waals surface area contributed by atoms with Gasteiger partial charge in [-0.1, -0.05) is 0 Å². The Morgan fingerprint density at radius 3 is 2.27 bits per heavy atom. The van der Waals surface area contributed by atoms with Gasteiger partial charge in [-0.3, -0.25) is 9.59 Å². The van der Waals surface area contributed by atoms with Gasteiger partial charge in [0.2, 0.25) is 5.75 Å². The van der Waals surface area contributed by atoms with E-state index >= 15 is 0 Å². The lowest BCUT2D eigenvalue weighted by Gasteiger charge is -1.98. The van der Waals surface area contributed by atoms with Gasteiger partial charge in [0.25, 0.3) is 5.43 Å². The molecule has 15 heavy (non-hydrogen) atoms. The lowest BCUT2D eigenvalue weighted by atomic mass is 10.2. The average molecular weight is 201 g/mol. The predicted molar refractivity (Wildman–Crippen MR) is 49.3 cm³/mol. The highest BCUT2D eigenvalue weighted by Crippen LogP contribution is 2.06. The van der Waals surface area contributed by atoms with Crippen LogP contribution in [0.1, 0.15) is 5.56 Å². The Balaban J connectivity index is 2.54. The number of rotatable bonds is 1. The summed E-state index contributed by atoms with van der Waals surface area (Å²) in [5, 5.41) is 17.7. The second-order valence-electron chi connectivity index (χ2n) is 2.96. The molecule has 2 aromatic rings. The summed E-state index contributed by atoms with van der Waals surface area (Å²) in [5.74, 6) is -0.533. The zero-order chi connectivity index (χ0) is 11.0. The van der Waals surface area contributed by atoms with Crippen LogP contribution >= 0.6 is 0 Å². The van der Waals surface area contributed by atoms with E-state index in [4.69, 9.17) is 10.4 Å². The van der Waals surface area contributed by atoms with Gasteiger partial charge in [0.1, 0.15) is 0 Å².